The number of methoxy groups -OCH3 is 1. The highest BCUT2D eigenvalue weighted by Crippen LogP contribution is 2.22. The number of aryl methyl sites for hydroxylation is 1. The van der Waals surface area contributed by atoms with Gasteiger partial charge in [-0.2, -0.15) is 4.98 Å². The number of nitrogens with zero attached hydrogens (tertiary/aromatic N) is 2. The van der Waals surface area contributed by atoms with Crippen molar-refractivity contribution in [2.24, 2.45) is 0 Å². The Bertz CT molecular complexity index is 569. The van der Waals surface area contributed by atoms with Crippen LogP contribution < -0.4 is 15.4 Å². The van der Waals surface area contributed by atoms with Crippen LogP contribution in [0, 0.1) is 6.92 Å². The monoisotopic (exact) mass is 272 g/mol. The fourth-order valence-corrected chi connectivity index (χ4v) is 1.89. The molecule has 1 aromatic heterocycles. The Kier molecular flexibility index (Phi) is 4.40. The fraction of sp³-hybridized carbons (Fsp3) is 0.333. The van der Waals surface area contributed by atoms with Gasteiger partial charge in [-0.05, 0) is 31.5 Å². The van der Waals surface area contributed by atoms with Crippen LogP contribution in [-0.2, 0) is 0 Å². The van der Waals surface area contributed by atoms with E-state index in [0.717, 1.165) is 17.1 Å². The molecule has 1 heterocycles. The Hall–Kier alpha value is -2.30. The lowest BCUT2D eigenvalue weighted by Crippen LogP contribution is -2.10. The molecule has 0 bridgehead atoms. The van der Waals surface area contributed by atoms with Crippen LogP contribution in [0.5, 0.6) is 5.75 Å². The van der Waals surface area contributed by atoms with Crippen molar-refractivity contribution in [3.8, 4) is 5.75 Å². The van der Waals surface area contributed by atoms with Gasteiger partial charge in [0, 0.05) is 24.8 Å². The maximum atomic E-state index is 5.17. The van der Waals surface area contributed by atoms with Crippen molar-refractivity contribution in [1.29, 1.82) is 0 Å². The number of nitrogens with one attached hydrogen (secondary N) is 2. The van der Waals surface area contributed by atoms with Crippen molar-refractivity contribution in [2.45, 2.75) is 19.9 Å². The normalized spacial score (nSPS) is 11.8. The third-order valence-electron chi connectivity index (χ3n) is 3.16. The zero-order chi connectivity index (χ0) is 14.5. The van der Waals surface area contributed by atoms with Gasteiger partial charge >= 0.3 is 0 Å². The minimum atomic E-state index is 0.152. The summed E-state index contributed by atoms with van der Waals surface area (Å²) in [5, 5.41) is 6.35. The smallest absolute Gasteiger partial charge is 0.224 e. The molecule has 106 valence electrons. The van der Waals surface area contributed by atoms with Crippen LogP contribution in [0.3, 0.4) is 0 Å². The molecule has 0 aliphatic heterocycles. The number of aromatic nitrogens is 2. The highest BCUT2D eigenvalue weighted by Gasteiger charge is 2.09. The van der Waals surface area contributed by atoms with Crippen molar-refractivity contribution >= 4 is 11.8 Å². The van der Waals surface area contributed by atoms with E-state index in [-0.39, 0.29) is 6.04 Å². The van der Waals surface area contributed by atoms with E-state index >= 15 is 0 Å². The summed E-state index contributed by atoms with van der Waals surface area (Å²) >= 11 is 0. The lowest BCUT2D eigenvalue weighted by molar-refractivity contribution is 0.414. The number of rotatable bonds is 5. The van der Waals surface area contributed by atoms with E-state index in [0.29, 0.717) is 5.95 Å². The molecule has 0 fully saturated rings. The molecule has 0 aliphatic rings. The van der Waals surface area contributed by atoms with Gasteiger partial charge < -0.3 is 15.4 Å². The molecule has 2 N–H and O–H groups in total. The predicted octanol–water partition coefficient (Wildman–Crippen LogP) is 3.01. The van der Waals surface area contributed by atoms with Gasteiger partial charge in [-0.3, -0.25) is 0 Å². The van der Waals surface area contributed by atoms with Crippen molar-refractivity contribution in [3.63, 3.8) is 0 Å². The Morgan fingerprint density at radius 3 is 2.50 bits per heavy atom. The molecule has 0 radical (unpaired) electrons. The summed E-state index contributed by atoms with van der Waals surface area (Å²) in [7, 11) is 3.47. The largest absolute Gasteiger partial charge is 0.497 e. The van der Waals surface area contributed by atoms with Gasteiger partial charge in [-0.1, -0.05) is 12.1 Å². The summed E-state index contributed by atoms with van der Waals surface area (Å²) in [6.45, 7) is 4.09. The average molecular weight is 272 g/mol. The van der Waals surface area contributed by atoms with Crippen molar-refractivity contribution in [3.05, 3.63) is 41.6 Å². The van der Waals surface area contributed by atoms with Crippen LogP contribution in [0.4, 0.5) is 11.8 Å². The van der Waals surface area contributed by atoms with Gasteiger partial charge in [0.1, 0.15) is 11.6 Å². The molecule has 1 unspecified atom stereocenters. The standard InChI is InChI=1S/C15H20N4O/c1-10-9-17-15(16-3)19-14(10)18-11(2)12-5-7-13(20-4)8-6-12/h5-9,11H,1-4H3,(H2,16,17,18,19). The maximum Gasteiger partial charge on any atom is 0.224 e. The average Bonchev–Trinajstić information content (AvgIpc) is 2.49. The van der Waals surface area contributed by atoms with Crippen LogP contribution in [0.2, 0.25) is 0 Å². The van der Waals surface area contributed by atoms with E-state index in [4.69, 9.17) is 4.74 Å². The molecule has 1 aromatic carbocycles. The molecule has 0 spiro atoms. The molecular weight excluding hydrogens is 252 g/mol. The highest BCUT2D eigenvalue weighted by atomic mass is 16.5. The van der Waals surface area contributed by atoms with E-state index in [1.807, 2.05) is 37.4 Å². The SMILES string of the molecule is CNc1ncc(C)c(NC(C)c2ccc(OC)cc2)n1. The third-order valence-corrected chi connectivity index (χ3v) is 3.16. The molecule has 2 rings (SSSR count). The fourth-order valence-electron chi connectivity index (χ4n) is 1.89. The van der Waals surface area contributed by atoms with E-state index in [1.165, 1.54) is 5.56 Å². The molecule has 20 heavy (non-hydrogen) atoms. The first-order chi connectivity index (χ1) is 9.63. The molecule has 0 amide bonds. The number of ether oxygens (including phenoxy) is 1. The first-order valence-electron chi connectivity index (χ1n) is 6.56. The second-order valence-electron chi connectivity index (χ2n) is 4.61. The lowest BCUT2D eigenvalue weighted by atomic mass is 10.1. The molecule has 5 nitrogen and oxygen atoms in total. The minimum Gasteiger partial charge on any atom is -0.497 e. The molecule has 0 aliphatic carbocycles. The van der Waals surface area contributed by atoms with Crippen molar-refractivity contribution < 1.29 is 4.74 Å². The Morgan fingerprint density at radius 1 is 1.20 bits per heavy atom. The molecule has 2 aromatic rings. The van der Waals surface area contributed by atoms with E-state index in [1.54, 1.807) is 14.2 Å². The summed E-state index contributed by atoms with van der Waals surface area (Å²) in [4.78, 5) is 8.61. The van der Waals surface area contributed by atoms with Crippen LogP contribution in [0.15, 0.2) is 30.5 Å². The van der Waals surface area contributed by atoms with Crippen LogP contribution in [0.25, 0.3) is 0 Å². The Balaban J connectivity index is 2.15. The highest BCUT2D eigenvalue weighted by molar-refractivity contribution is 5.48. The number of benzene rings is 1. The minimum absolute atomic E-state index is 0.152. The summed E-state index contributed by atoms with van der Waals surface area (Å²) < 4.78 is 5.17. The summed E-state index contributed by atoms with van der Waals surface area (Å²) in [6, 6.07) is 8.16. The topological polar surface area (TPSA) is 59.1 Å². The van der Waals surface area contributed by atoms with Gasteiger partial charge in [0.25, 0.3) is 0 Å². The summed E-state index contributed by atoms with van der Waals surface area (Å²) in [5.41, 5.74) is 2.19. The molecule has 0 saturated heterocycles. The maximum absolute atomic E-state index is 5.17. The van der Waals surface area contributed by atoms with Gasteiger partial charge in [-0.25, -0.2) is 4.98 Å². The summed E-state index contributed by atoms with van der Waals surface area (Å²) in [5.74, 6) is 2.31. The second kappa shape index (κ2) is 6.23. The number of hydrogen-bond donors (Lipinski definition) is 2. The van der Waals surface area contributed by atoms with Gasteiger partial charge in [0.05, 0.1) is 7.11 Å². The van der Waals surface area contributed by atoms with E-state index in [9.17, 15) is 0 Å². The molecule has 0 saturated carbocycles. The first-order valence-corrected chi connectivity index (χ1v) is 6.56. The van der Waals surface area contributed by atoms with E-state index < -0.39 is 0 Å². The van der Waals surface area contributed by atoms with Crippen LogP contribution in [0.1, 0.15) is 24.1 Å². The quantitative estimate of drug-likeness (QED) is 0.876. The van der Waals surface area contributed by atoms with Gasteiger partial charge in [0.15, 0.2) is 0 Å². The van der Waals surface area contributed by atoms with Crippen molar-refractivity contribution in [1.82, 2.24) is 9.97 Å². The molecular formula is C15H20N4O. The zero-order valence-corrected chi connectivity index (χ0v) is 12.3. The summed E-state index contributed by atoms with van der Waals surface area (Å²) in [6.07, 6.45) is 1.81. The van der Waals surface area contributed by atoms with E-state index in [2.05, 4.69) is 27.5 Å². The zero-order valence-electron chi connectivity index (χ0n) is 12.3. The predicted molar refractivity (Wildman–Crippen MR) is 81.3 cm³/mol. The number of anilines is 2. The van der Waals surface area contributed by atoms with Crippen LogP contribution >= 0.6 is 0 Å². The van der Waals surface area contributed by atoms with Gasteiger partial charge in [0.2, 0.25) is 5.95 Å². The van der Waals surface area contributed by atoms with Crippen molar-refractivity contribution in [2.75, 3.05) is 24.8 Å². The first kappa shape index (κ1) is 14.1. The van der Waals surface area contributed by atoms with Gasteiger partial charge in [-0.15, -0.1) is 0 Å². The Morgan fingerprint density at radius 2 is 1.90 bits per heavy atom. The lowest BCUT2D eigenvalue weighted by Gasteiger charge is -2.17. The number of hydrogen-bond acceptors (Lipinski definition) is 5. The molecule has 5 heteroatoms. The van der Waals surface area contributed by atoms with Crippen LogP contribution in [-0.4, -0.2) is 24.1 Å². The Labute approximate surface area is 119 Å². The molecule has 1 atom stereocenters. The second-order valence-corrected chi connectivity index (χ2v) is 4.61. The third kappa shape index (κ3) is 3.17.